The number of aromatic nitrogens is 2. The summed E-state index contributed by atoms with van der Waals surface area (Å²) >= 11 is 1.58. The van der Waals surface area contributed by atoms with Gasteiger partial charge in [-0.25, -0.2) is 9.97 Å². The highest BCUT2D eigenvalue weighted by Gasteiger charge is 2.35. The van der Waals surface area contributed by atoms with E-state index in [9.17, 15) is 5.26 Å². The van der Waals surface area contributed by atoms with E-state index in [1.54, 1.807) is 11.8 Å². The van der Waals surface area contributed by atoms with Crippen LogP contribution in [0.3, 0.4) is 0 Å². The summed E-state index contributed by atoms with van der Waals surface area (Å²) in [7, 11) is 0. The number of anilines is 1. The van der Waals surface area contributed by atoms with Gasteiger partial charge in [-0.1, -0.05) is 43.8 Å². The van der Waals surface area contributed by atoms with Gasteiger partial charge in [0.05, 0.1) is 10.7 Å². The predicted molar refractivity (Wildman–Crippen MR) is 124 cm³/mol. The van der Waals surface area contributed by atoms with Crippen LogP contribution in [-0.4, -0.2) is 23.1 Å². The first kappa shape index (κ1) is 20.7. The van der Waals surface area contributed by atoms with E-state index in [1.165, 1.54) is 12.0 Å². The number of hydrogen-bond donors (Lipinski definition) is 1. The first-order chi connectivity index (χ1) is 14.6. The average molecular weight is 420 g/mol. The fourth-order valence-electron chi connectivity index (χ4n) is 4.02. The molecule has 1 fully saturated rings. The zero-order valence-electron chi connectivity index (χ0n) is 18.0. The Morgan fingerprint density at radius 1 is 1.30 bits per heavy atom. The number of aryl methyl sites for hydroxylation is 1. The van der Waals surface area contributed by atoms with E-state index in [4.69, 9.17) is 4.98 Å². The second-order valence-electron chi connectivity index (χ2n) is 8.17. The third-order valence-corrected chi connectivity index (χ3v) is 6.62. The van der Waals surface area contributed by atoms with Gasteiger partial charge in [-0.3, -0.25) is 0 Å². The molecule has 0 amide bonds. The maximum Gasteiger partial charge on any atom is 0.225 e. The highest BCUT2D eigenvalue weighted by molar-refractivity contribution is 8.06. The number of fused-ring (bicyclic) bond motifs is 1. The molecule has 1 N–H and O–H groups in total. The Labute approximate surface area is 183 Å². The van der Waals surface area contributed by atoms with Gasteiger partial charge in [0.1, 0.15) is 11.6 Å². The summed E-state index contributed by atoms with van der Waals surface area (Å²) in [5.74, 6) is 2.13. The predicted octanol–water partition coefficient (Wildman–Crippen LogP) is 5.30. The zero-order chi connectivity index (χ0) is 21.1. The second kappa shape index (κ2) is 9.09. The van der Waals surface area contributed by atoms with Crippen LogP contribution in [-0.2, 0) is 0 Å². The molecule has 2 atom stereocenters. The summed E-state index contributed by atoms with van der Waals surface area (Å²) in [5, 5.41) is 16.5. The molecule has 4 rings (SSSR count). The van der Waals surface area contributed by atoms with E-state index in [1.807, 2.05) is 13.1 Å². The minimum atomic E-state index is 0.592. The lowest BCUT2D eigenvalue weighted by Crippen LogP contribution is -2.27. The Balaban J connectivity index is 1.61. The van der Waals surface area contributed by atoms with Crippen molar-refractivity contribution < 1.29 is 0 Å². The van der Waals surface area contributed by atoms with E-state index in [0.717, 1.165) is 60.3 Å². The van der Waals surface area contributed by atoms with Crippen LogP contribution in [0, 0.1) is 30.1 Å². The van der Waals surface area contributed by atoms with Crippen molar-refractivity contribution in [3.63, 3.8) is 0 Å². The van der Waals surface area contributed by atoms with Gasteiger partial charge in [0.15, 0.2) is 0 Å². The van der Waals surface area contributed by atoms with Gasteiger partial charge in [-0.2, -0.15) is 5.26 Å². The third kappa shape index (κ3) is 4.32. The lowest BCUT2D eigenvalue weighted by Gasteiger charge is -2.22. The van der Waals surface area contributed by atoms with E-state index in [2.05, 4.69) is 58.8 Å². The molecule has 2 unspecified atom stereocenters. The number of allylic oxidation sites excluding steroid dienone is 5. The monoisotopic (exact) mass is 419 g/mol. The SMILES string of the molecule is CCCN(CCC)c1ncc(C)c(/C(C#N)=C2/NC(C3=CC4CC4C=CC3)=CS2)n1. The van der Waals surface area contributed by atoms with Gasteiger partial charge in [0.25, 0.3) is 0 Å². The Kier molecular flexibility index (Phi) is 6.29. The number of nitriles is 1. The summed E-state index contributed by atoms with van der Waals surface area (Å²) in [6.45, 7) is 8.12. The van der Waals surface area contributed by atoms with Crippen LogP contribution in [0.2, 0.25) is 0 Å². The smallest absolute Gasteiger partial charge is 0.225 e. The van der Waals surface area contributed by atoms with Crippen molar-refractivity contribution in [3.8, 4) is 6.07 Å². The molecule has 156 valence electrons. The molecule has 6 heteroatoms. The van der Waals surface area contributed by atoms with Crippen LogP contribution < -0.4 is 10.2 Å². The van der Waals surface area contributed by atoms with Crippen LogP contribution >= 0.6 is 11.8 Å². The second-order valence-corrected chi connectivity index (χ2v) is 9.05. The summed E-state index contributed by atoms with van der Waals surface area (Å²) in [4.78, 5) is 11.6. The molecule has 2 heterocycles. The van der Waals surface area contributed by atoms with E-state index in [0.29, 0.717) is 17.4 Å². The zero-order valence-corrected chi connectivity index (χ0v) is 18.8. The maximum absolute atomic E-state index is 10.0. The number of nitrogens with one attached hydrogen (secondary N) is 1. The fourth-order valence-corrected chi connectivity index (χ4v) is 4.90. The molecule has 0 radical (unpaired) electrons. The lowest BCUT2D eigenvalue weighted by atomic mass is 10.1. The molecule has 2 aliphatic carbocycles. The standard InChI is InChI=1S/C24H29N5S/c1-4-9-29(10-5-2)24-26-14-16(3)22(28-24)20(13-25)23-27-21(15-30-23)18-8-6-7-17-11-19(17)12-18/h6-7,12,14-15,17,19,27H,4-5,8-11H2,1-3H3/b23-20-. The van der Waals surface area contributed by atoms with Gasteiger partial charge in [-0.05, 0) is 55.6 Å². The minimum absolute atomic E-state index is 0.592. The molecule has 5 nitrogen and oxygen atoms in total. The van der Waals surface area contributed by atoms with Crippen LogP contribution in [0.15, 0.2) is 46.1 Å². The van der Waals surface area contributed by atoms with E-state index >= 15 is 0 Å². The molecular weight excluding hydrogens is 390 g/mol. The summed E-state index contributed by atoms with van der Waals surface area (Å²) in [5.41, 5.74) is 4.68. The molecule has 0 bridgehead atoms. The summed E-state index contributed by atoms with van der Waals surface area (Å²) in [6.07, 6.45) is 13.2. The molecule has 3 aliphatic rings. The lowest BCUT2D eigenvalue weighted by molar-refractivity contribution is 0.719. The average Bonchev–Trinajstić information content (AvgIpc) is 3.35. The molecular formula is C24H29N5S. The quantitative estimate of drug-likeness (QED) is 0.478. The van der Waals surface area contributed by atoms with Crippen LogP contribution in [0.1, 0.15) is 50.8 Å². The molecule has 0 aromatic carbocycles. The molecule has 1 aromatic heterocycles. The van der Waals surface area contributed by atoms with Crippen molar-refractivity contribution in [2.75, 3.05) is 18.0 Å². The third-order valence-electron chi connectivity index (χ3n) is 5.72. The van der Waals surface area contributed by atoms with Gasteiger partial charge in [0.2, 0.25) is 5.95 Å². The molecule has 30 heavy (non-hydrogen) atoms. The highest BCUT2D eigenvalue weighted by Crippen LogP contribution is 2.45. The molecule has 1 aromatic rings. The number of thioether (sulfide) groups is 1. The Morgan fingerprint density at radius 3 is 2.83 bits per heavy atom. The van der Waals surface area contributed by atoms with Crippen LogP contribution in [0.4, 0.5) is 5.95 Å². The van der Waals surface area contributed by atoms with Gasteiger partial charge >= 0.3 is 0 Å². The minimum Gasteiger partial charge on any atom is -0.348 e. The van der Waals surface area contributed by atoms with Crippen LogP contribution in [0.5, 0.6) is 0 Å². The van der Waals surface area contributed by atoms with Crippen molar-refractivity contribution >= 4 is 23.3 Å². The van der Waals surface area contributed by atoms with Crippen molar-refractivity contribution in [1.82, 2.24) is 15.3 Å². The van der Waals surface area contributed by atoms with E-state index < -0.39 is 0 Å². The highest BCUT2D eigenvalue weighted by atomic mass is 32.2. The Morgan fingerprint density at radius 2 is 2.10 bits per heavy atom. The molecule has 1 aliphatic heterocycles. The van der Waals surface area contributed by atoms with Crippen LogP contribution in [0.25, 0.3) is 5.57 Å². The molecule has 0 saturated heterocycles. The normalized spacial score (nSPS) is 23.5. The van der Waals surface area contributed by atoms with Gasteiger partial charge < -0.3 is 10.2 Å². The topological polar surface area (TPSA) is 64.8 Å². The number of rotatable bonds is 7. The summed E-state index contributed by atoms with van der Waals surface area (Å²) < 4.78 is 0. The van der Waals surface area contributed by atoms with Crippen molar-refractivity contribution in [2.24, 2.45) is 11.8 Å². The number of hydrogen-bond acceptors (Lipinski definition) is 6. The maximum atomic E-state index is 10.0. The molecule has 0 spiro atoms. The number of nitrogens with zero attached hydrogens (tertiary/aromatic N) is 4. The first-order valence-corrected chi connectivity index (χ1v) is 11.8. The Bertz CT molecular complexity index is 976. The van der Waals surface area contributed by atoms with Crippen molar-refractivity contribution in [1.29, 1.82) is 5.26 Å². The summed E-state index contributed by atoms with van der Waals surface area (Å²) in [6, 6.07) is 2.40. The Hall–Kier alpha value is -2.52. The van der Waals surface area contributed by atoms with Crippen molar-refractivity contribution in [2.45, 2.75) is 46.5 Å². The van der Waals surface area contributed by atoms with E-state index in [-0.39, 0.29) is 0 Å². The van der Waals surface area contributed by atoms with Gasteiger partial charge in [0, 0.05) is 30.4 Å². The first-order valence-electron chi connectivity index (χ1n) is 10.9. The fraction of sp³-hybridized carbons (Fsp3) is 0.458. The van der Waals surface area contributed by atoms with Gasteiger partial charge in [-0.15, -0.1) is 0 Å². The molecule has 1 saturated carbocycles. The largest absolute Gasteiger partial charge is 0.348 e. The van der Waals surface area contributed by atoms with Crippen molar-refractivity contribution in [3.05, 3.63) is 57.4 Å².